The highest BCUT2D eigenvalue weighted by atomic mass is 16.6. The molecule has 126 valence electrons. The summed E-state index contributed by atoms with van der Waals surface area (Å²) in [4.78, 5) is 29.5. The smallest absolute Gasteiger partial charge is 0.271 e. The molecule has 0 saturated heterocycles. The summed E-state index contributed by atoms with van der Waals surface area (Å²) in [6, 6.07) is 8.22. The number of nitro benzene ring substituents is 1. The Bertz CT molecular complexity index is 1010. The number of nitrogens with zero attached hydrogens (tertiary/aromatic N) is 3. The summed E-state index contributed by atoms with van der Waals surface area (Å²) in [6.45, 7) is 1.81. The average Bonchev–Trinajstić information content (AvgIpc) is 2.95. The van der Waals surface area contributed by atoms with Gasteiger partial charge in [-0.1, -0.05) is 11.8 Å². The molecule has 0 spiro atoms. The number of non-ortho nitro benzene ring substituents is 1. The maximum absolute atomic E-state index is 12.1. The van der Waals surface area contributed by atoms with E-state index in [2.05, 4.69) is 20.5 Å². The Hall–Kier alpha value is -3.75. The van der Waals surface area contributed by atoms with Crippen LogP contribution in [0.25, 0.3) is 11.0 Å². The fourth-order valence-corrected chi connectivity index (χ4v) is 2.25. The monoisotopic (exact) mass is 338 g/mol. The Balaban J connectivity index is 1.75. The molecule has 0 fully saturated rings. The van der Waals surface area contributed by atoms with Gasteiger partial charge in [0, 0.05) is 17.7 Å². The molecular formula is C16H12N5O4-. The fourth-order valence-electron chi connectivity index (χ4n) is 2.25. The summed E-state index contributed by atoms with van der Waals surface area (Å²) < 4.78 is 0. The molecule has 1 heterocycles. The van der Waals surface area contributed by atoms with Crippen LogP contribution in [-0.4, -0.2) is 27.0 Å². The van der Waals surface area contributed by atoms with Crippen molar-refractivity contribution in [2.24, 2.45) is 5.10 Å². The summed E-state index contributed by atoms with van der Waals surface area (Å²) in [5.74, 6) is -0.180. The lowest BCUT2D eigenvalue weighted by Crippen LogP contribution is -2.17. The summed E-state index contributed by atoms with van der Waals surface area (Å²) in [7, 11) is 0. The molecule has 0 unspecified atom stereocenters. The van der Waals surface area contributed by atoms with E-state index in [0.29, 0.717) is 5.56 Å². The normalized spacial score (nSPS) is 11.1. The molecule has 0 saturated carbocycles. The second-order valence-corrected chi connectivity index (χ2v) is 5.23. The lowest BCUT2D eigenvalue weighted by atomic mass is 10.2. The molecule has 0 aliphatic carbocycles. The number of imidazole rings is 1. The van der Waals surface area contributed by atoms with Crippen LogP contribution in [0.5, 0.6) is 5.75 Å². The van der Waals surface area contributed by atoms with Crippen LogP contribution < -0.4 is 10.5 Å². The maximum atomic E-state index is 12.1. The van der Waals surface area contributed by atoms with Crippen LogP contribution in [0.15, 0.2) is 41.5 Å². The maximum Gasteiger partial charge on any atom is 0.271 e. The number of carbonyl (C=O) groups excluding carboxylic acids is 1. The Labute approximate surface area is 141 Å². The molecule has 2 N–H and O–H groups in total. The van der Waals surface area contributed by atoms with E-state index in [1.807, 2.05) is 6.92 Å². The number of hydrogen-bond donors (Lipinski definition) is 2. The fraction of sp³-hybridized carbons (Fsp3) is 0.0625. The topological polar surface area (TPSA) is 136 Å². The number of H-pyrrole nitrogens is 1. The Morgan fingerprint density at radius 1 is 1.32 bits per heavy atom. The van der Waals surface area contributed by atoms with Crippen LogP contribution in [0, 0.1) is 17.0 Å². The van der Waals surface area contributed by atoms with Crippen LogP contribution in [0.4, 0.5) is 5.69 Å². The summed E-state index contributed by atoms with van der Waals surface area (Å²) in [5.41, 5.74) is 3.88. The second-order valence-electron chi connectivity index (χ2n) is 5.23. The number of nitrogens with one attached hydrogen (secondary N) is 2. The Morgan fingerprint density at radius 3 is 2.88 bits per heavy atom. The van der Waals surface area contributed by atoms with Crippen molar-refractivity contribution in [1.82, 2.24) is 15.4 Å². The lowest BCUT2D eigenvalue weighted by molar-refractivity contribution is -0.385. The van der Waals surface area contributed by atoms with E-state index in [-0.39, 0.29) is 11.3 Å². The molecule has 9 heteroatoms. The summed E-state index contributed by atoms with van der Waals surface area (Å²) in [5, 5.41) is 26.1. The standard InChI is InChI=1S/C16H13N5O4/c1-9-18-13-4-2-10(7-14(13)19-9)16(23)20-17-8-11-6-12(21(24)25)3-5-15(11)22/h2-8,22H,1H3,(H,18,19)(H,20,23)/p-1. The number of aromatic amines is 1. The highest BCUT2D eigenvalue weighted by Crippen LogP contribution is 2.19. The highest BCUT2D eigenvalue weighted by molar-refractivity contribution is 5.98. The summed E-state index contributed by atoms with van der Waals surface area (Å²) in [6.07, 6.45) is 1.08. The van der Waals surface area contributed by atoms with Crippen molar-refractivity contribution in [3.8, 4) is 5.75 Å². The minimum Gasteiger partial charge on any atom is -0.872 e. The predicted octanol–water partition coefficient (Wildman–Crippen LogP) is 1.62. The SMILES string of the molecule is Cc1nc2ccc(C(=O)NN=Cc3cc([N+](=O)[O-])ccc3[O-])cc2[nH]1. The second kappa shape index (κ2) is 6.40. The molecule has 0 radical (unpaired) electrons. The predicted molar refractivity (Wildman–Crippen MR) is 88.4 cm³/mol. The molecule has 25 heavy (non-hydrogen) atoms. The zero-order chi connectivity index (χ0) is 18.0. The van der Waals surface area contributed by atoms with Crippen molar-refractivity contribution in [2.75, 3.05) is 0 Å². The van der Waals surface area contributed by atoms with Crippen LogP contribution in [0.2, 0.25) is 0 Å². The first-order chi connectivity index (χ1) is 11.9. The molecule has 0 aliphatic heterocycles. The molecule has 0 aliphatic rings. The zero-order valence-corrected chi connectivity index (χ0v) is 13.0. The van der Waals surface area contributed by atoms with Crippen molar-refractivity contribution in [3.63, 3.8) is 0 Å². The van der Waals surface area contributed by atoms with Gasteiger partial charge in [-0.3, -0.25) is 14.9 Å². The first kappa shape index (κ1) is 16.1. The van der Waals surface area contributed by atoms with Crippen molar-refractivity contribution < 1.29 is 14.8 Å². The molecule has 0 atom stereocenters. The van der Waals surface area contributed by atoms with Gasteiger partial charge >= 0.3 is 0 Å². The number of benzene rings is 2. The molecule has 2 aromatic carbocycles. The quantitative estimate of drug-likeness (QED) is 0.423. The van der Waals surface area contributed by atoms with Gasteiger partial charge < -0.3 is 10.1 Å². The van der Waals surface area contributed by atoms with Crippen LogP contribution in [0.1, 0.15) is 21.7 Å². The van der Waals surface area contributed by atoms with Crippen LogP contribution in [0.3, 0.4) is 0 Å². The van der Waals surface area contributed by atoms with Crippen LogP contribution >= 0.6 is 0 Å². The molecule has 3 aromatic rings. The van der Waals surface area contributed by atoms with Crippen molar-refractivity contribution >= 4 is 28.8 Å². The number of rotatable bonds is 4. The first-order valence-electron chi connectivity index (χ1n) is 7.19. The van der Waals surface area contributed by atoms with E-state index < -0.39 is 16.6 Å². The van der Waals surface area contributed by atoms with E-state index in [4.69, 9.17) is 0 Å². The van der Waals surface area contributed by atoms with Gasteiger partial charge in [0.25, 0.3) is 11.6 Å². The highest BCUT2D eigenvalue weighted by Gasteiger charge is 2.08. The minimum atomic E-state index is -0.614. The third-order valence-corrected chi connectivity index (χ3v) is 3.44. The largest absolute Gasteiger partial charge is 0.872 e. The van der Waals surface area contributed by atoms with Crippen molar-refractivity contribution in [2.45, 2.75) is 6.92 Å². The third-order valence-electron chi connectivity index (χ3n) is 3.44. The Morgan fingerprint density at radius 2 is 2.12 bits per heavy atom. The number of hydrogen-bond acceptors (Lipinski definition) is 6. The van der Waals surface area contributed by atoms with Crippen molar-refractivity contribution in [1.29, 1.82) is 0 Å². The van der Waals surface area contributed by atoms with Gasteiger partial charge in [0.1, 0.15) is 5.82 Å². The number of carbonyl (C=O) groups is 1. The third kappa shape index (κ3) is 3.44. The van der Waals surface area contributed by atoms with Gasteiger partial charge in [-0.2, -0.15) is 5.10 Å². The average molecular weight is 338 g/mol. The van der Waals surface area contributed by atoms with Gasteiger partial charge in [-0.15, -0.1) is 0 Å². The number of aryl methyl sites for hydroxylation is 1. The lowest BCUT2D eigenvalue weighted by Gasteiger charge is -2.08. The van der Waals surface area contributed by atoms with Gasteiger partial charge in [0.15, 0.2) is 0 Å². The molecule has 9 nitrogen and oxygen atoms in total. The number of nitro groups is 1. The Kier molecular flexibility index (Phi) is 4.12. The minimum absolute atomic E-state index is 0.00847. The zero-order valence-electron chi connectivity index (χ0n) is 13.0. The number of aromatic nitrogens is 2. The molecule has 0 bridgehead atoms. The summed E-state index contributed by atoms with van der Waals surface area (Å²) >= 11 is 0. The molecule has 1 amide bonds. The molecular weight excluding hydrogens is 326 g/mol. The number of amides is 1. The van der Waals surface area contributed by atoms with E-state index in [0.717, 1.165) is 41.3 Å². The van der Waals surface area contributed by atoms with Gasteiger partial charge in [0.05, 0.1) is 22.2 Å². The van der Waals surface area contributed by atoms with Gasteiger partial charge in [-0.25, -0.2) is 10.4 Å². The van der Waals surface area contributed by atoms with Crippen LogP contribution in [-0.2, 0) is 0 Å². The van der Waals surface area contributed by atoms with Gasteiger partial charge in [0.2, 0.25) is 0 Å². The van der Waals surface area contributed by atoms with E-state index in [9.17, 15) is 20.0 Å². The van der Waals surface area contributed by atoms with E-state index in [1.54, 1.807) is 18.2 Å². The number of fused-ring (bicyclic) bond motifs is 1. The number of hydrazone groups is 1. The molecule has 3 rings (SSSR count). The van der Waals surface area contributed by atoms with Crippen molar-refractivity contribution in [3.05, 3.63) is 63.5 Å². The van der Waals surface area contributed by atoms with Gasteiger partial charge in [-0.05, 0) is 30.7 Å². The first-order valence-corrected chi connectivity index (χ1v) is 7.19. The molecule has 1 aromatic heterocycles. The van der Waals surface area contributed by atoms with E-state index in [1.165, 1.54) is 0 Å². The van der Waals surface area contributed by atoms with E-state index >= 15 is 0 Å².